The molecule has 1 heterocycles. The first kappa shape index (κ1) is 23.7. The minimum absolute atomic E-state index is 0.00902. The number of hydrogen-bond acceptors (Lipinski definition) is 4. The molecule has 7 nitrogen and oxygen atoms in total. The third kappa shape index (κ3) is 7.35. The van der Waals surface area contributed by atoms with Gasteiger partial charge in [-0.25, -0.2) is 4.79 Å². The Kier molecular flexibility index (Phi) is 7.50. The van der Waals surface area contributed by atoms with E-state index in [0.717, 1.165) is 0 Å². The van der Waals surface area contributed by atoms with Crippen LogP contribution < -0.4 is 10.6 Å². The van der Waals surface area contributed by atoms with Gasteiger partial charge in [0.05, 0.1) is 0 Å². The van der Waals surface area contributed by atoms with Gasteiger partial charge >= 0.3 is 6.09 Å². The maximum absolute atomic E-state index is 12.8. The van der Waals surface area contributed by atoms with E-state index in [2.05, 4.69) is 31.4 Å². The second-order valence-electron chi connectivity index (χ2n) is 9.82. The summed E-state index contributed by atoms with van der Waals surface area (Å²) in [5.74, 6) is -0.241. The van der Waals surface area contributed by atoms with E-state index >= 15 is 0 Å². The molecule has 3 amide bonds. The molecule has 1 fully saturated rings. The van der Waals surface area contributed by atoms with Gasteiger partial charge in [-0.05, 0) is 56.7 Å². The summed E-state index contributed by atoms with van der Waals surface area (Å²) < 4.78 is 5.11. The van der Waals surface area contributed by atoms with Gasteiger partial charge in [0.2, 0.25) is 5.91 Å². The molecule has 0 spiro atoms. The highest BCUT2D eigenvalue weighted by Gasteiger charge is 2.25. The average molecular weight is 418 g/mol. The lowest BCUT2D eigenvalue weighted by Crippen LogP contribution is -2.49. The summed E-state index contributed by atoms with van der Waals surface area (Å²) in [7, 11) is 0. The van der Waals surface area contributed by atoms with E-state index in [9.17, 15) is 14.4 Å². The monoisotopic (exact) mass is 417 g/mol. The minimum Gasteiger partial charge on any atom is -0.444 e. The van der Waals surface area contributed by atoms with Crippen molar-refractivity contribution in [3.63, 3.8) is 0 Å². The zero-order valence-electron chi connectivity index (χ0n) is 19.0. The van der Waals surface area contributed by atoms with E-state index < -0.39 is 11.7 Å². The molecule has 0 saturated carbocycles. The van der Waals surface area contributed by atoms with Crippen LogP contribution in [0, 0.1) is 0 Å². The second-order valence-corrected chi connectivity index (χ2v) is 9.82. The fourth-order valence-corrected chi connectivity index (χ4v) is 3.27. The molecule has 0 radical (unpaired) electrons. The van der Waals surface area contributed by atoms with Crippen LogP contribution in [0.5, 0.6) is 0 Å². The van der Waals surface area contributed by atoms with Crippen molar-refractivity contribution in [3.8, 4) is 0 Å². The van der Waals surface area contributed by atoms with Crippen LogP contribution in [0.3, 0.4) is 0 Å². The Hall–Kier alpha value is -2.57. The number of nitrogens with one attached hydrogen (secondary N) is 2. The number of carbonyl (C=O) groups excluding carboxylic acids is 3. The number of piperidine rings is 1. The Labute approximate surface area is 179 Å². The molecule has 0 aliphatic carbocycles. The van der Waals surface area contributed by atoms with Crippen molar-refractivity contribution in [2.45, 2.75) is 71.4 Å². The summed E-state index contributed by atoms with van der Waals surface area (Å²) in [5.41, 5.74) is 1.33. The first-order valence-electron chi connectivity index (χ1n) is 10.5. The van der Waals surface area contributed by atoms with Crippen LogP contribution in [0.1, 0.15) is 70.3 Å². The van der Waals surface area contributed by atoms with Gasteiger partial charge in [0.15, 0.2) is 0 Å². The lowest BCUT2D eigenvalue weighted by molar-refractivity contribution is -0.121. The lowest BCUT2D eigenvalue weighted by atomic mass is 9.86. The van der Waals surface area contributed by atoms with Crippen LogP contribution in [-0.2, 0) is 14.9 Å². The van der Waals surface area contributed by atoms with Crippen molar-refractivity contribution in [2.24, 2.45) is 0 Å². The highest BCUT2D eigenvalue weighted by Crippen LogP contribution is 2.23. The third-order valence-electron chi connectivity index (χ3n) is 4.94. The molecule has 1 aromatic rings. The van der Waals surface area contributed by atoms with Crippen molar-refractivity contribution in [2.75, 3.05) is 19.6 Å². The van der Waals surface area contributed by atoms with Crippen molar-refractivity contribution in [1.29, 1.82) is 0 Å². The average Bonchev–Trinajstić information content (AvgIpc) is 2.64. The molecular formula is C23H35N3O4. The Balaban J connectivity index is 1.77. The predicted octanol–water partition coefficient (Wildman–Crippen LogP) is 3.23. The van der Waals surface area contributed by atoms with Crippen molar-refractivity contribution < 1.29 is 19.1 Å². The number of hydrogen-bond donors (Lipinski definition) is 2. The molecule has 0 atom stereocenters. The van der Waals surface area contributed by atoms with Gasteiger partial charge < -0.3 is 20.3 Å². The molecule has 0 aromatic heterocycles. The maximum atomic E-state index is 12.8. The van der Waals surface area contributed by atoms with Gasteiger partial charge in [-0.3, -0.25) is 9.59 Å². The van der Waals surface area contributed by atoms with Crippen molar-refractivity contribution >= 4 is 17.9 Å². The van der Waals surface area contributed by atoms with Gasteiger partial charge in [-0.2, -0.15) is 0 Å². The van der Waals surface area contributed by atoms with Gasteiger partial charge in [-0.15, -0.1) is 0 Å². The summed E-state index contributed by atoms with van der Waals surface area (Å²) in [6, 6.07) is 7.79. The lowest BCUT2D eigenvalue weighted by Gasteiger charge is -2.32. The summed E-state index contributed by atoms with van der Waals surface area (Å²) in [6.45, 7) is 12.8. The van der Waals surface area contributed by atoms with E-state index in [-0.39, 0.29) is 29.8 Å². The number of rotatable bonds is 4. The van der Waals surface area contributed by atoms with E-state index in [1.165, 1.54) is 5.56 Å². The van der Waals surface area contributed by atoms with E-state index in [1.807, 2.05) is 29.2 Å². The molecule has 7 heteroatoms. The van der Waals surface area contributed by atoms with Gasteiger partial charge in [0.1, 0.15) is 12.1 Å². The van der Waals surface area contributed by atoms with Gasteiger partial charge in [-0.1, -0.05) is 32.9 Å². The summed E-state index contributed by atoms with van der Waals surface area (Å²) in [6.07, 6.45) is 0.754. The molecule has 1 saturated heterocycles. The summed E-state index contributed by atoms with van der Waals surface area (Å²) in [5, 5.41) is 5.37. The van der Waals surface area contributed by atoms with Gasteiger partial charge in [0, 0.05) is 24.7 Å². The second kappa shape index (κ2) is 9.49. The normalized spacial score (nSPS) is 15.5. The SMILES string of the molecule is CC(C)(C)OC(=O)NCC(=O)NC1CCN(C(=O)c2ccc(C(C)(C)C)cc2)CC1. The quantitative estimate of drug-likeness (QED) is 0.787. The van der Waals surface area contributed by atoms with E-state index in [0.29, 0.717) is 31.5 Å². The topological polar surface area (TPSA) is 87.7 Å². The first-order chi connectivity index (χ1) is 13.8. The largest absolute Gasteiger partial charge is 0.444 e. The Bertz CT molecular complexity index is 752. The summed E-state index contributed by atoms with van der Waals surface area (Å²) in [4.78, 5) is 38.3. The zero-order chi connectivity index (χ0) is 22.5. The molecule has 0 unspecified atom stereocenters. The summed E-state index contributed by atoms with van der Waals surface area (Å²) >= 11 is 0. The van der Waals surface area contributed by atoms with Crippen LogP contribution in [0.15, 0.2) is 24.3 Å². The third-order valence-corrected chi connectivity index (χ3v) is 4.94. The number of benzene rings is 1. The van der Waals surface area contributed by atoms with Crippen LogP contribution in [0.4, 0.5) is 4.79 Å². The highest BCUT2D eigenvalue weighted by molar-refractivity contribution is 5.94. The molecule has 2 rings (SSSR count). The molecule has 1 aliphatic heterocycles. The highest BCUT2D eigenvalue weighted by atomic mass is 16.6. The zero-order valence-corrected chi connectivity index (χ0v) is 19.0. The number of nitrogens with zero attached hydrogens (tertiary/aromatic N) is 1. The predicted molar refractivity (Wildman–Crippen MR) is 116 cm³/mol. The Morgan fingerprint density at radius 1 is 1.00 bits per heavy atom. The van der Waals surface area contributed by atoms with E-state index in [1.54, 1.807) is 20.8 Å². The Morgan fingerprint density at radius 2 is 1.57 bits per heavy atom. The number of ether oxygens (including phenoxy) is 1. The molecule has 30 heavy (non-hydrogen) atoms. The molecular weight excluding hydrogens is 382 g/mol. The molecule has 166 valence electrons. The molecule has 1 aromatic carbocycles. The Morgan fingerprint density at radius 3 is 2.07 bits per heavy atom. The first-order valence-corrected chi connectivity index (χ1v) is 10.5. The van der Waals surface area contributed by atoms with Gasteiger partial charge in [0.25, 0.3) is 5.91 Å². The van der Waals surface area contributed by atoms with Crippen LogP contribution in [-0.4, -0.2) is 54.1 Å². The standard InChI is InChI=1S/C23H35N3O4/c1-22(2,3)17-9-7-16(8-10-17)20(28)26-13-11-18(12-14-26)25-19(27)15-24-21(29)30-23(4,5)6/h7-10,18H,11-15H2,1-6H3,(H,24,29)(H,25,27). The van der Waals surface area contributed by atoms with Crippen LogP contribution in [0.2, 0.25) is 0 Å². The molecule has 1 aliphatic rings. The van der Waals surface area contributed by atoms with E-state index in [4.69, 9.17) is 4.74 Å². The fourth-order valence-electron chi connectivity index (χ4n) is 3.27. The number of carbonyl (C=O) groups is 3. The molecule has 2 N–H and O–H groups in total. The molecule has 0 bridgehead atoms. The number of likely N-dealkylation sites (tertiary alicyclic amines) is 1. The smallest absolute Gasteiger partial charge is 0.408 e. The maximum Gasteiger partial charge on any atom is 0.408 e. The van der Waals surface area contributed by atoms with Crippen molar-refractivity contribution in [3.05, 3.63) is 35.4 Å². The number of alkyl carbamates (subject to hydrolysis) is 1. The fraction of sp³-hybridized carbons (Fsp3) is 0.609. The number of amides is 3. The minimum atomic E-state index is -0.615. The van der Waals surface area contributed by atoms with Crippen LogP contribution >= 0.6 is 0 Å². The van der Waals surface area contributed by atoms with Crippen molar-refractivity contribution in [1.82, 2.24) is 15.5 Å². The van der Waals surface area contributed by atoms with Crippen LogP contribution in [0.25, 0.3) is 0 Å².